The molecule has 0 saturated heterocycles. The Morgan fingerprint density at radius 3 is 1.89 bits per heavy atom. The van der Waals surface area contributed by atoms with Crippen LogP contribution in [0, 0.1) is 0 Å². The predicted molar refractivity (Wildman–Crippen MR) is 94.4 cm³/mol. The van der Waals surface area contributed by atoms with Gasteiger partial charge in [0.05, 0.1) is 6.04 Å². The van der Waals surface area contributed by atoms with Crippen molar-refractivity contribution < 1.29 is 38.9 Å². The van der Waals surface area contributed by atoms with Crippen molar-refractivity contribution in [3.8, 4) is 0 Å². The fraction of sp³-hybridized carbons (Fsp3) is 0.688. The average molecular weight is 391 g/mol. The largest absolute Gasteiger partial charge is 0.481 e. The van der Waals surface area contributed by atoms with Crippen molar-refractivity contribution in [2.24, 2.45) is 11.5 Å². The zero-order chi connectivity index (χ0) is 21.7. The van der Waals surface area contributed by atoms with Gasteiger partial charge in [-0.05, 0) is 33.2 Å². The third-order valence-corrected chi connectivity index (χ3v) is 3.23. The lowest BCUT2D eigenvalue weighted by molar-refractivity contribution is -0.169. The first-order valence-electron chi connectivity index (χ1n) is 8.28. The molecular formula is C16H29N3O8. The van der Waals surface area contributed by atoms with Crippen LogP contribution in [0.2, 0.25) is 0 Å². The second-order valence-corrected chi connectivity index (χ2v) is 5.73. The van der Waals surface area contributed by atoms with Gasteiger partial charge in [-0.1, -0.05) is 6.42 Å². The zero-order valence-electron chi connectivity index (χ0n) is 16.0. The number of nitrogens with zero attached hydrogens (tertiary/aromatic N) is 1. The molecule has 3 atom stereocenters. The van der Waals surface area contributed by atoms with Crippen LogP contribution in [-0.4, -0.2) is 69.6 Å². The smallest absolute Gasteiger partial charge is 0.344 e. The van der Waals surface area contributed by atoms with Gasteiger partial charge >= 0.3 is 11.9 Å². The number of esters is 1. The SMILES string of the molecule is CC(=O)N(C(=O)[C@@H](N)CCCCN)[C@H](C)C(=O)O[C@H](C)C(=O)O.CC(=O)O. The Hall–Kier alpha value is -2.53. The number of carboxylic acid groups (broad SMARTS) is 2. The van der Waals surface area contributed by atoms with Crippen molar-refractivity contribution >= 4 is 29.7 Å². The summed E-state index contributed by atoms with van der Waals surface area (Å²) in [6.07, 6.45) is 0.249. The lowest BCUT2D eigenvalue weighted by Crippen LogP contribution is -2.53. The van der Waals surface area contributed by atoms with Gasteiger partial charge < -0.3 is 26.4 Å². The first kappa shape index (κ1) is 26.7. The maximum absolute atomic E-state index is 12.3. The number of aliphatic carboxylic acids is 2. The third-order valence-electron chi connectivity index (χ3n) is 3.23. The Labute approximate surface area is 157 Å². The van der Waals surface area contributed by atoms with Crippen molar-refractivity contribution in [3.05, 3.63) is 0 Å². The zero-order valence-corrected chi connectivity index (χ0v) is 16.0. The summed E-state index contributed by atoms with van der Waals surface area (Å²) in [7, 11) is 0. The number of amides is 2. The third kappa shape index (κ3) is 11.7. The van der Waals surface area contributed by atoms with Crippen molar-refractivity contribution in [3.63, 3.8) is 0 Å². The summed E-state index contributed by atoms with van der Waals surface area (Å²) in [4.78, 5) is 56.3. The molecule has 0 aliphatic rings. The van der Waals surface area contributed by atoms with Crippen LogP contribution in [0.1, 0.15) is 47.0 Å². The lowest BCUT2D eigenvalue weighted by Gasteiger charge is -2.27. The molecular weight excluding hydrogens is 362 g/mol. The van der Waals surface area contributed by atoms with Gasteiger partial charge in [0.1, 0.15) is 6.04 Å². The van der Waals surface area contributed by atoms with E-state index in [2.05, 4.69) is 0 Å². The van der Waals surface area contributed by atoms with Crippen LogP contribution in [-0.2, 0) is 28.7 Å². The molecule has 11 nitrogen and oxygen atoms in total. The summed E-state index contributed by atoms with van der Waals surface area (Å²) in [5, 5.41) is 16.1. The fourth-order valence-corrected chi connectivity index (χ4v) is 1.86. The second kappa shape index (κ2) is 13.6. The number of hydrogen-bond donors (Lipinski definition) is 4. The summed E-state index contributed by atoms with van der Waals surface area (Å²) >= 11 is 0. The number of imide groups is 1. The van der Waals surface area contributed by atoms with E-state index in [1.807, 2.05) is 0 Å². The quantitative estimate of drug-likeness (QED) is 0.289. The van der Waals surface area contributed by atoms with E-state index in [1.165, 1.54) is 13.8 Å². The minimum absolute atomic E-state index is 0.326. The number of rotatable bonds is 9. The second-order valence-electron chi connectivity index (χ2n) is 5.73. The predicted octanol–water partition coefficient (Wildman–Crippen LogP) is -0.686. The Morgan fingerprint density at radius 2 is 1.52 bits per heavy atom. The monoisotopic (exact) mass is 391 g/mol. The molecule has 6 N–H and O–H groups in total. The Kier molecular flexibility index (Phi) is 13.5. The normalized spacial score (nSPS) is 13.3. The minimum atomic E-state index is -1.38. The van der Waals surface area contributed by atoms with Crippen LogP contribution in [0.15, 0.2) is 0 Å². The highest BCUT2D eigenvalue weighted by atomic mass is 16.6. The molecule has 0 heterocycles. The highest BCUT2D eigenvalue weighted by Gasteiger charge is 2.34. The average Bonchev–Trinajstić information content (AvgIpc) is 2.53. The fourth-order valence-electron chi connectivity index (χ4n) is 1.86. The summed E-state index contributed by atoms with van der Waals surface area (Å²) in [5.41, 5.74) is 11.1. The van der Waals surface area contributed by atoms with Crippen LogP contribution in [0.3, 0.4) is 0 Å². The summed E-state index contributed by atoms with van der Waals surface area (Å²) in [5.74, 6) is -4.53. The molecule has 0 aromatic heterocycles. The highest BCUT2D eigenvalue weighted by molar-refractivity contribution is 6.00. The van der Waals surface area contributed by atoms with Crippen LogP contribution in [0.25, 0.3) is 0 Å². The molecule has 0 bridgehead atoms. The van der Waals surface area contributed by atoms with Crippen LogP contribution >= 0.6 is 0 Å². The Balaban J connectivity index is 0. The number of unbranched alkanes of at least 4 members (excludes halogenated alkanes) is 1. The number of ether oxygens (including phenoxy) is 1. The van der Waals surface area contributed by atoms with Gasteiger partial charge in [0.25, 0.3) is 5.97 Å². The topological polar surface area (TPSA) is 190 Å². The molecule has 0 radical (unpaired) electrons. The van der Waals surface area contributed by atoms with Gasteiger partial charge in [-0.3, -0.25) is 19.3 Å². The minimum Gasteiger partial charge on any atom is -0.481 e. The van der Waals surface area contributed by atoms with E-state index < -0.39 is 47.9 Å². The van der Waals surface area contributed by atoms with Gasteiger partial charge in [-0.2, -0.15) is 0 Å². The van der Waals surface area contributed by atoms with Crippen molar-refractivity contribution in [1.82, 2.24) is 4.90 Å². The van der Waals surface area contributed by atoms with E-state index in [1.54, 1.807) is 0 Å². The van der Waals surface area contributed by atoms with Gasteiger partial charge in [0.15, 0.2) is 6.10 Å². The number of carbonyl (C=O) groups is 5. The molecule has 0 fully saturated rings. The number of carbonyl (C=O) groups excluding carboxylic acids is 3. The van der Waals surface area contributed by atoms with Crippen LogP contribution in [0.5, 0.6) is 0 Å². The highest BCUT2D eigenvalue weighted by Crippen LogP contribution is 2.10. The first-order chi connectivity index (χ1) is 12.4. The standard InChI is InChI=1S/C14H25N3O6.C2H4O2/c1-8(14(22)23-9(2)13(20)21)17(10(3)18)12(19)11(16)6-4-5-7-15;1-2(3)4/h8-9,11H,4-7,15-16H2,1-3H3,(H,20,21);1H3,(H,3,4)/t8-,9-,11+;/m1./s1. The molecule has 11 heteroatoms. The molecule has 0 aliphatic heterocycles. The molecule has 0 aromatic carbocycles. The summed E-state index contributed by atoms with van der Waals surface area (Å²) in [6, 6.07) is -2.21. The summed E-state index contributed by atoms with van der Waals surface area (Å²) in [6.45, 7) is 5.12. The molecule has 0 rings (SSSR count). The van der Waals surface area contributed by atoms with Gasteiger partial charge in [-0.15, -0.1) is 0 Å². The molecule has 0 aliphatic carbocycles. The number of nitrogens with two attached hydrogens (primary N) is 2. The lowest BCUT2D eigenvalue weighted by atomic mass is 10.1. The maximum atomic E-state index is 12.3. The van der Waals surface area contributed by atoms with Gasteiger partial charge in [0.2, 0.25) is 11.8 Å². The van der Waals surface area contributed by atoms with E-state index >= 15 is 0 Å². The molecule has 0 unspecified atom stereocenters. The Bertz CT molecular complexity index is 534. The molecule has 27 heavy (non-hydrogen) atoms. The first-order valence-corrected chi connectivity index (χ1v) is 8.28. The number of hydrogen-bond acceptors (Lipinski definition) is 8. The van der Waals surface area contributed by atoms with E-state index in [4.69, 9.17) is 31.2 Å². The molecule has 0 spiro atoms. The molecule has 0 aromatic rings. The molecule has 156 valence electrons. The van der Waals surface area contributed by atoms with Gasteiger partial charge in [0, 0.05) is 13.8 Å². The van der Waals surface area contributed by atoms with Crippen LogP contribution in [0.4, 0.5) is 0 Å². The van der Waals surface area contributed by atoms with E-state index in [9.17, 15) is 19.2 Å². The van der Waals surface area contributed by atoms with Crippen LogP contribution < -0.4 is 11.5 Å². The number of carboxylic acids is 2. The molecule has 0 saturated carbocycles. The maximum Gasteiger partial charge on any atom is 0.344 e. The van der Waals surface area contributed by atoms with E-state index in [0.29, 0.717) is 30.7 Å². The van der Waals surface area contributed by atoms with Gasteiger partial charge in [-0.25, -0.2) is 9.59 Å². The Morgan fingerprint density at radius 1 is 1.04 bits per heavy atom. The van der Waals surface area contributed by atoms with Crippen molar-refractivity contribution in [2.75, 3.05) is 6.54 Å². The van der Waals surface area contributed by atoms with Crippen molar-refractivity contribution in [2.45, 2.75) is 65.1 Å². The van der Waals surface area contributed by atoms with E-state index in [0.717, 1.165) is 13.8 Å². The van der Waals surface area contributed by atoms with Crippen molar-refractivity contribution in [1.29, 1.82) is 0 Å². The molecule has 2 amide bonds. The summed E-state index contributed by atoms with van der Waals surface area (Å²) < 4.78 is 4.69. The van der Waals surface area contributed by atoms with E-state index in [-0.39, 0.29) is 0 Å².